The Morgan fingerprint density at radius 2 is 1.92 bits per heavy atom. The summed E-state index contributed by atoms with van der Waals surface area (Å²) in [6, 6.07) is 18.4. The molecule has 0 bridgehead atoms. The number of rotatable bonds is 6. The van der Waals surface area contributed by atoms with E-state index in [0.29, 0.717) is 24.6 Å². The van der Waals surface area contributed by atoms with Crippen LogP contribution in [-0.4, -0.2) is 16.8 Å². The predicted octanol–water partition coefficient (Wildman–Crippen LogP) is 3.99. The summed E-state index contributed by atoms with van der Waals surface area (Å²) in [6.45, 7) is 2.79. The van der Waals surface area contributed by atoms with Crippen LogP contribution in [0.2, 0.25) is 0 Å². The van der Waals surface area contributed by atoms with Gasteiger partial charge in [0.2, 0.25) is 5.91 Å². The third-order valence-corrected chi connectivity index (χ3v) is 4.45. The maximum atomic E-state index is 12.7. The lowest BCUT2D eigenvalue weighted by molar-refractivity contribution is -0.132. The second-order valence-electron chi connectivity index (χ2n) is 6.55. The first-order valence-corrected chi connectivity index (χ1v) is 8.50. The van der Waals surface area contributed by atoms with Gasteiger partial charge in [0.05, 0.1) is 11.6 Å². The van der Waals surface area contributed by atoms with Crippen molar-refractivity contribution in [2.24, 2.45) is 0 Å². The average Bonchev–Trinajstić information content (AvgIpc) is 3.43. The molecule has 0 spiro atoms. The molecule has 122 valence electrons. The maximum Gasteiger partial charge on any atom is 0.223 e. The molecule has 24 heavy (non-hydrogen) atoms. The van der Waals surface area contributed by atoms with Crippen molar-refractivity contribution in [3.63, 3.8) is 0 Å². The Bertz CT molecular complexity index is 754. The summed E-state index contributed by atoms with van der Waals surface area (Å²) in [5.41, 5.74) is 4.19. The van der Waals surface area contributed by atoms with Crippen molar-refractivity contribution in [2.45, 2.75) is 45.2 Å². The van der Waals surface area contributed by atoms with Gasteiger partial charge in [0.1, 0.15) is 0 Å². The monoisotopic (exact) mass is 318 g/mol. The van der Waals surface area contributed by atoms with E-state index in [1.54, 1.807) is 0 Å². The average molecular weight is 318 g/mol. The quantitative estimate of drug-likeness (QED) is 0.808. The summed E-state index contributed by atoms with van der Waals surface area (Å²) in [5.74, 6) is 0.225. The fraction of sp³-hybridized carbons (Fsp3) is 0.333. The number of benzene rings is 2. The van der Waals surface area contributed by atoms with Crippen LogP contribution in [0.25, 0.3) is 0 Å². The van der Waals surface area contributed by atoms with E-state index in [9.17, 15) is 4.79 Å². The van der Waals surface area contributed by atoms with E-state index >= 15 is 0 Å². The number of carbonyl (C=O) groups is 1. The number of carbonyl (C=O) groups excluding carboxylic acids is 1. The molecule has 0 unspecified atom stereocenters. The van der Waals surface area contributed by atoms with Crippen LogP contribution in [0.5, 0.6) is 0 Å². The van der Waals surface area contributed by atoms with Crippen molar-refractivity contribution in [1.82, 2.24) is 4.90 Å². The number of hydrogen-bond donors (Lipinski definition) is 0. The molecule has 3 nitrogen and oxygen atoms in total. The van der Waals surface area contributed by atoms with Gasteiger partial charge in [0.15, 0.2) is 0 Å². The predicted molar refractivity (Wildman–Crippen MR) is 94.2 cm³/mol. The topological polar surface area (TPSA) is 44.1 Å². The van der Waals surface area contributed by atoms with Crippen LogP contribution < -0.4 is 0 Å². The molecule has 0 aromatic heterocycles. The van der Waals surface area contributed by atoms with Gasteiger partial charge in [-0.3, -0.25) is 4.79 Å². The molecule has 0 N–H and O–H groups in total. The van der Waals surface area contributed by atoms with E-state index in [0.717, 1.165) is 24.8 Å². The highest BCUT2D eigenvalue weighted by Gasteiger charge is 2.32. The second-order valence-corrected chi connectivity index (χ2v) is 6.55. The van der Waals surface area contributed by atoms with Crippen molar-refractivity contribution in [2.75, 3.05) is 0 Å². The summed E-state index contributed by atoms with van der Waals surface area (Å²) < 4.78 is 0. The van der Waals surface area contributed by atoms with Crippen molar-refractivity contribution in [3.05, 3.63) is 70.8 Å². The van der Waals surface area contributed by atoms with Crippen molar-refractivity contribution < 1.29 is 4.79 Å². The van der Waals surface area contributed by atoms with Gasteiger partial charge in [-0.25, -0.2) is 0 Å². The lowest BCUT2D eigenvalue weighted by Gasteiger charge is -2.23. The summed E-state index contributed by atoms with van der Waals surface area (Å²) in [4.78, 5) is 14.7. The van der Waals surface area contributed by atoms with E-state index in [-0.39, 0.29) is 5.91 Å². The molecular weight excluding hydrogens is 296 g/mol. The van der Waals surface area contributed by atoms with Gasteiger partial charge in [-0.2, -0.15) is 5.26 Å². The Balaban J connectivity index is 1.61. The van der Waals surface area contributed by atoms with E-state index < -0.39 is 0 Å². The molecule has 0 atom stereocenters. The first-order chi connectivity index (χ1) is 11.7. The maximum absolute atomic E-state index is 12.7. The summed E-state index contributed by atoms with van der Waals surface area (Å²) in [6.07, 6.45) is 3.48. The van der Waals surface area contributed by atoms with Gasteiger partial charge in [-0.05, 0) is 49.4 Å². The Labute approximate surface area is 143 Å². The van der Waals surface area contributed by atoms with E-state index in [1.807, 2.05) is 29.2 Å². The molecule has 1 aliphatic rings. The van der Waals surface area contributed by atoms with Crippen LogP contribution >= 0.6 is 0 Å². The minimum Gasteiger partial charge on any atom is -0.335 e. The van der Waals surface area contributed by atoms with Crippen molar-refractivity contribution in [3.8, 4) is 6.07 Å². The number of nitrogens with zero attached hydrogens (tertiary/aromatic N) is 2. The smallest absolute Gasteiger partial charge is 0.223 e. The van der Waals surface area contributed by atoms with Gasteiger partial charge in [0, 0.05) is 19.0 Å². The molecule has 2 aromatic carbocycles. The molecule has 1 fully saturated rings. The fourth-order valence-electron chi connectivity index (χ4n) is 2.96. The van der Waals surface area contributed by atoms with Crippen molar-refractivity contribution >= 4 is 5.91 Å². The van der Waals surface area contributed by atoms with Crippen molar-refractivity contribution in [1.29, 1.82) is 5.26 Å². The molecule has 2 aromatic rings. The third kappa shape index (κ3) is 4.23. The van der Waals surface area contributed by atoms with Crippen LogP contribution in [0, 0.1) is 18.3 Å². The van der Waals surface area contributed by atoms with Crippen LogP contribution in [0.3, 0.4) is 0 Å². The van der Waals surface area contributed by atoms with Crippen LogP contribution in [0.1, 0.15) is 41.5 Å². The Hall–Kier alpha value is -2.60. The Kier molecular flexibility index (Phi) is 4.96. The van der Waals surface area contributed by atoms with Gasteiger partial charge in [0.25, 0.3) is 0 Å². The first-order valence-electron chi connectivity index (χ1n) is 8.50. The number of amides is 1. The molecule has 3 heteroatoms. The molecule has 0 heterocycles. The van der Waals surface area contributed by atoms with Gasteiger partial charge >= 0.3 is 0 Å². The zero-order valence-electron chi connectivity index (χ0n) is 14.0. The molecule has 0 saturated heterocycles. The summed E-state index contributed by atoms with van der Waals surface area (Å²) in [5, 5.41) is 8.84. The standard InChI is InChI=1S/C21H22N2O/c1-16-3-2-4-19(13-16)15-23(20-10-11-20)21(24)12-9-17-5-7-18(14-22)8-6-17/h2-8,13,20H,9-12,15H2,1H3. The van der Waals surface area contributed by atoms with Crippen LogP contribution in [-0.2, 0) is 17.8 Å². The number of aryl methyl sites for hydroxylation is 2. The van der Waals surface area contributed by atoms with Crippen LogP contribution in [0.4, 0.5) is 0 Å². The highest BCUT2D eigenvalue weighted by molar-refractivity contribution is 5.77. The van der Waals surface area contributed by atoms with E-state index in [2.05, 4.69) is 37.3 Å². The van der Waals surface area contributed by atoms with Gasteiger partial charge < -0.3 is 4.90 Å². The summed E-state index contributed by atoms with van der Waals surface area (Å²) in [7, 11) is 0. The molecule has 1 amide bonds. The molecule has 3 rings (SSSR count). The highest BCUT2D eigenvalue weighted by Crippen LogP contribution is 2.29. The van der Waals surface area contributed by atoms with Crippen LogP contribution in [0.15, 0.2) is 48.5 Å². The van der Waals surface area contributed by atoms with Gasteiger partial charge in [-0.1, -0.05) is 42.0 Å². The van der Waals surface area contributed by atoms with E-state index in [1.165, 1.54) is 11.1 Å². The minimum absolute atomic E-state index is 0.225. The zero-order valence-corrected chi connectivity index (χ0v) is 14.0. The SMILES string of the molecule is Cc1cccc(CN(C(=O)CCc2ccc(C#N)cc2)C2CC2)c1. The highest BCUT2D eigenvalue weighted by atomic mass is 16.2. The lowest BCUT2D eigenvalue weighted by atomic mass is 10.1. The molecule has 1 aliphatic carbocycles. The van der Waals surface area contributed by atoms with E-state index in [4.69, 9.17) is 5.26 Å². The minimum atomic E-state index is 0.225. The number of hydrogen-bond acceptors (Lipinski definition) is 2. The molecular formula is C21H22N2O. The summed E-state index contributed by atoms with van der Waals surface area (Å²) >= 11 is 0. The normalized spacial score (nSPS) is 13.3. The molecule has 1 saturated carbocycles. The molecule has 0 aliphatic heterocycles. The third-order valence-electron chi connectivity index (χ3n) is 4.45. The Morgan fingerprint density at radius 3 is 2.54 bits per heavy atom. The second kappa shape index (κ2) is 7.31. The fourth-order valence-corrected chi connectivity index (χ4v) is 2.96. The first kappa shape index (κ1) is 16.3. The lowest BCUT2D eigenvalue weighted by Crippen LogP contribution is -2.32. The van der Waals surface area contributed by atoms with Gasteiger partial charge in [-0.15, -0.1) is 0 Å². The largest absolute Gasteiger partial charge is 0.335 e. The molecule has 0 radical (unpaired) electrons. The zero-order chi connectivity index (χ0) is 16.9. The Morgan fingerprint density at radius 1 is 1.17 bits per heavy atom. The number of nitriles is 1.